The van der Waals surface area contributed by atoms with Crippen molar-refractivity contribution in [3.8, 4) is 0 Å². The number of aliphatic hydroxyl groups is 1. The largest absolute Gasteiger partial charge is 0.513 e. The molecule has 0 aromatic carbocycles. The van der Waals surface area contributed by atoms with Gasteiger partial charge in [0.1, 0.15) is 0 Å². The molecular formula is C6H8F2O. The van der Waals surface area contributed by atoms with Crippen LogP contribution in [-0.4, -0.2) is 11.0 Å². The summed E-state index contributed by atoms with van der Waals surface area (Å²) in [5, 5.41) is 8.58. The number of hydrogen-bond donors (Lipinski definition) is 1. The lowest BCUT2D eigenvalue weighted by molar-refractivity contribution is -0.107. The van der Waals surface area contributed by atoms with Gasteiger partial charge in [-0.05, 0) is 0 Å². The average Bonchev–Trinajstić information content (AvgIpc) is 1.59. The quantitative estimate of drug-likeness (QED) is 0.544. The highest BCUT2D eigenvalue weighted by molar-refractivity contribution is 5.00. The lowest BCUT2D eigenvalue weighted by Gasteiger charge is -2.33. The van der Waals surface area contributed by atoms with Gasteiger partial charge in [-0.25, -0.2) is 8.78 Å². The number of hydrogen-bond acceptors (Lipinski definition) is 1. The van der Waals surface area contributed by atoms with Crippen molar-refractivity contribution >= 4 is 0 Å². The van der Waals surface area contributed by atoms with Crippen LogP contribution in [0.4, 0.5) is 8.78 Å². The molecule has 1 fully saturated rings. The van der Waals surface area contributed by atoms with Crippen LogP contribution in [0.1, 0.15) is 12.8 Å². The van der Waals surface area contributed by atoms with Gasteiger partial charge < -0.3 is 5.11 Å². The van der Waals surface area contributed by atoms with Gasteiger partial charge in [0.25, 0.3) is 0 Å². The maximum absolute atomic E-state index is 12.0. The predicted octanol–water partition coefficient (Wildman–Crippen LogP) is 2.10. The predicted molar refractivity (Wildman–Crippen MR) is 29.4 cm³/mol. The second kappa shape index (κ2) is 1.69. The fourth-order valence-electron chi connectivity index (χ4n) is 0.897. The Labute approximate surface area is 52.0 Å². The van der Waals surface area contributed by atoms with Crippen molar-refractivity contribution in [3.63, 3.8) is 0 Å². The molecule has 1 N–H and O–H groups in total. The second-order valence-corrected chi connectivity index (χ2v) is 2.45. The fourth-order valence-corrected chi connectivity index (χ4v) is 0.897. The van der Waals surface area contributed by atoms with Gasteiger partial charge in [0, 0.05) is 18.8 Å². The Morgan fingerprint density at radius 1 is 1.56 bits per heavy atom. The summed E-state index contributed by atoms with van der Waals surface area (Å²) in [4.78, 5) is 0. The summed E-state index contributed by atoms with van der Waals surface area (Å²) >= 11 is 0. The molecule has 1 aliphatic rings. The van der Waals surface area contributed by atoms with Gasteiger partial charge in [-0.3, -0.25) is 0 Å². The Hall–Kier alpha value is -0.600. The maximum Gasteiger partial charge on any atom is 0.249 e. The van der Waals surface area contributed by atoms with E-state index in [9.17, 15) is 8.78 Å². The van der Waals surface area contributed by atoms with Crippen molar-refractivity contribution in [1.29, 1.82) is 0 Å². The number of alkyl halides is 2. The summed E-state index contributed by atoms with van der Waals surface area (Å²) in [6.07, 6.45) is -0.468. The molecule has 1 aliphatic carbocycles. The molecule has 1 saturated carbocycles. The van der Waals surface area contributed by atoms with Crippen LogP contribution in [-0.2, 0) is 0 Å². The lowest BCUT2D eigenvalue weighted by atomic mass is 9.80. The van der Waals surface area contributed by atoms with E-state index in [1.54, 1.807) is 0 Å². The van der Waals surface area contributed by atoms with Crippen molar-refractivity contribution in [1.82, 2.24) is 0 Å². The molecular weight excluding hydrogens is 126 g/mol. The Kier molecular flexibility index (Phi) is 1.22. The maximum atomic E-state index is 12.0. The molecule has 0 aromatic heterocycles. The lowest BCUT2D eigenvalue weighted by Crippen LogP contribution is -2.36. The molecule has 0 amide bonds. The summed E-state index contributed by atoms with van der Waals surface area (Å²) in [6, 6.07) is 0. The van der Waals surface area contributed by atoms with Crippen molar-refractivity contribution in [3.05, 3.63) is 12.3 Å². The molecule has 0 saturated heterocycles. The Morgan fingerprint density at radius 3 is 2.11 bits per heavy atom. The summed E-state index contributed by atoms with van der Waals surface area (Å²) < 4.78 is 24.0. The monoisotopic (exact) mass is 134 g/mol. The van der Waals surface area contributed by atoms with Crippen LogP contribution in [0.3, 0.4) is 0 Å². The Balaban J connectivity index is 2.35. The second-order valence-electron chi connectivity index (χ2n) is 2.45. The smallest absolute Gasteiger partial charge is 0.249 e. The fraction of sp³-hybridized carbons (Fsp3) is 0.667. The molecule has 0 unspecified atom stereocenters. The zero-order valence-corrected chi connectivity index (χ0v) is 4.90. The normalized spacial score (nSPS) is 25.1. The first-order chi connectivity index (χ1) is 4.01. The first kappa shape index (κ1) is 6.52. The van der Waals surface area contributed by atoms with Crippen molar-refractivity contribution in [2.45, 2.75) is 18.8 Å². The zero-order chi connectivity index (χ0) is 7.07. The minimum Gasteiger partial charge on any atom is -0.513 e. The highest BCUT2D eigenvalue weighted by atomic mass is 19.3. The highest BCUT2D eigenvalue weighted by Gasteiger charge is 2.46. The minimum absolute atomic E-state index is 0.110. The Morgan fingerprint density at radius 2 is 2.00 bits per heavy atom. The first-order valence-electron chi connectivity index (χ1n) is 2.77. The molecule has 0 atom stereocenters. The molecule has 0 bridgehead atoms. The molecule has 1 nitrogen and oxygen atoms in total. The molecule has 3 heteroatoms. The van der Waals surface area contributed by atoms with E-state index in [2.05, 4.69) is 6.58 Å². The van der Waals surface area contributed by atoms with Crippen molar-refractivity contribution in [2.24, 2.45) is 5.92 Å². The van der Waals surface area contributed by atoms with Crippen molar-refractivity contribution < 1.29 is 13.9 Å². The molecule has 0 spiro atoms. The average molecular weight is 134 g/mol. The zero-order valence-electron chi connectivity index (χ0n) is 4.90. The molecule has 0 radical (unpaired) electrons. The van der Waals surface area contributed by atoms with Gasteiger partial charge in [-0.1, -0.05) is 6.58 Å². The van der Waals surface area contributed by atoms with E-state index < -0.39 is 5.92 Å². The Bertz CT molecular complexity index is 134. The van der Waals surface area contributed by atoms with E-state index in [0.29, 0.717) is 0 Å². The standard InChI is InChI=1S/C6H8F2O/c1-4(9)5-2-6(7,8)3-5/h5,9H,1-3H2. The van der Waals surface area contributed by atoms with E-state index in [1.165, 1.54) is 0 Å². The third-order valence-electron chi connectivity index (χ3n) is 1.56. The van der Waals surface area contributed by atoms with Crippen LogP contribution in [0.2, 0.25) is 0 Å². The number of rotatable bonds is 1. The van der Waals surface area contributed by atoms with Crippen LogP contribution < -0.4 is 0 Å². The first-order valence-corrected chi connectivity index (χ1v) is 2.77. The van der Waals surface area contributed by atoms with E-state index in [-0.39, 0.29) is 24.5 Å². The minimum atomic E-state index is -2.55. The number of allylic oxidation sites excluding steroid dienone is 1. The third-order valence-corrected chi connectivity index (χ3v) is 1.56. The summed E-state index contributed by atoms with van der Waals surface area (Å²) in [5.74, 6) is -3.02. The molecule has 52 valence electrons. The topological polar surface area (TPSA) is 20.2 Å². The van der Waals surface area contributed by atoms with Gasteiger partial charge in [0.15, 0.2) is 0 Å². The van der Waals surface area contributed by atoms with Crippen LogP contribution in [0, 0.1) is 5.92 Å². The van der Waals surface area contributed by atoms with E-state index >= 15 is 0 Å². The van der Waals surface area contributed by atoms with Gasteiger partial charge in [-0.15, -0.1) is 0 Å². The molecule has 0 aromatic rings. The third kappa shape index (κ3) is 1.20. The van der Waals surface area contributed by atoms with Gasteiger partial charge in [0.2, 0.25) is 5.92 Å². The number of aliphatic hydroxyl groups excluding tert-OH is 1. The molecule has 9 heavy (non-hydrogen) atoms. The van der Waals surface area contributed by atoms with Crippen LogP contribution in [0.5, 0.6) is 0 Å². The molecule has 0 aliphatic heterocycles. The van der Waals surface area contributed by atoms with Crippen LogP contribution >= 0.6 is 0 Å². The van der Waals surface area contributed by atoms with Gasteiger partial charge >= 0.3 is 0 Å². The summed E-state index contributed by atoms with van der Waals surface area (Å²) in [7, 11) is 0. The summed E-state index contributed by atoms with van der Waals surface area (Å²) in [6.45, 7) is 3.16. The molecule has 0 heterocycles. The van der Waals surface area contributed by atoms with Gasteiger partial charge in [0.05, 0.1) is 5.76 Å². The number of halogens is 2. The SMILES string of the molecule is C=C(O)C1CC(F)(F)C1. The molecule has 1 rings (SSSR count). The highest BCUT2D eigenvalue weighted by Crippen LogP contribution is 2.44. The van der Waals surface area contributed by atoms with Crippen LogP contribution in [0.25, 0.3) is 0 Å². The van der Waals surface area contributed by atoms with Crippen LogP contribution in [0.15, 0.2) is 12.3 Å². The van der Waals surface area contributed by atoms with Crippen molar-refractivity contribution in [2.75, 3.05) is 0 Å². The van der Waals surface area contributed by atoms with Gasteiger partial charge in [-0.2, -0.15) is 0 Å². The summed E-state index contributed by atoms with van der Waals surface area (Å²) in [5.41, 5.74) is 0. The van der Waals surface area contributed by atoms with E-state index in [4.69, 9.17) is 5.11 Å². The van der Waals surface area contributed by atoms with E-state index in [1.807, 2.05) is 0 Å². The van der Waals surface area contributed by atoms with E-state index in [0.717, 1.165) is 0 Å².